The lowest BCUT2D eigenvalue weighted by molar-refractivity contribution is -0.173. The van der Waals surface area contributed by atoms with Gasteiger partial charge in [0.1, 0.15) is 0 Å². The van der Waals surface area contributed by atoms with Crippen LogP contribution in [0.3, 0.4) is 0 Å². The molecule has 0 aliphatic heterocycles. The Balaban J connectivity index is 1.85. The summed E-state index contributed by atoms with van der Waals surface area (Å²) in [5.74, 6) is -0.961. The lowest BCUT2D eigenvalue weighted by Gasteiger charge is -2.22. The summed E-state index contributed by atoms with van der Waals surface area (Å²) in [7, 11) is 1.95. The summed E-state index contributed by atoms with van der Waals surface area (Å²) in [5, 5.41) is 5.95. The molecule has 2 aromatic rings. The molecule has 8 nitrogen and oxygen atoms in total. The number of nitrogens with two attached hydrogens (primary N) is 1. The van der Waals surface area contributed by atoms with Gasteiger partial charge in [-0.2, -0.15) is 13.2 Å². The molecule has 0 aliphatic carbocycles. The van der Waals surface area contributed by atoms with Crippen molar-refractivity contribution in [1.82, 2.24) is 20.2 Å². The third-order valence-electron chi connectivity index (χ3n) is 3.79. The zero-order valence-electron chi connectivity index (χ0n) is 16.6. The van der Waals surface area contributed by atoms with E-state index in [1.165, 1.54) is 18.0 Å². The number of rotatable bonds is 9. The van der Waals surface area contributed by atoms with Crippen LogP contribution in [-0.2, 0) is 11.4 Å². The summed E-state index contributed by atoms with van der Waals surface area (Å²) in [6.45, 7) is 1.66. The second-order valence-electron chi connectivity index (χ2n) is 6.72. The minimum absolute atomic E-state index is 0.145. The van der Waals surface area contributed by atoms with E-state index < -0.39 is 18.6 Å². The average molecular weight is 424 g/mol. The highest BCUT2D eigenvalue weighted by molar-refractivity contribution is 5.96. The Labute approximate surface area is 171 Å². The normalized spacial score (nSPS) is 13.2. The first-order chi connectivity index (χ1) is 14.1. The van der Waals surface area contributed by atoms with Gasteiger partial charge in [0.15, 0.2) is 5.82 Å². The molecule has 0 fully saturated rings. The third kappa shape index (κ3) is 8.03. The summed E-state index contributed by atoms with van der Waals surface area (Å²) in [6.07, 6.45) is -2.10. The third-order valence-corrected chi connectivity index (χ3v) is 3.79. The number of likely N-dealkylation sites (N-methyl/N-ethyl adjacent to an activating group) is 1. The molecule has 1 unspecified atom stereocenters. The number of carbonyl (C=O) groups is 1. The Morgan fingerprint density at radius 1 is 1.27 bits per heavy atom. The highest BCUT2D eigenvalue weighted by Crippen LogP contribution is 2.14. The highest BCUT2D eigenvalue weighted by Gasteiger charge is 2.28. The predicted molar refractivity (Wildman–Crippen MR) is 104 cm³/mol. The Hall–Kier alpha value is -3.21. The van der Waals surface area contributed by atoms with Crippen LogP contribution in [0.15, 0.2) is 47.9 Å². The smallest absolute Gasteiger partial charge is 0.384 e. The van der Waals surface area contributed by atoms with Crippen LogP contribution in [0.4, 0.5) is 13.2 Å². The fraction of sp³-hybridized carbons (Fsp3) is 0.368. The van der Waals surface area contributed by atoms with Crippen molar-refractivity contribution in [3.8, 4) is 0 Å². The number of amides is 1. The fourth-order valence-corrected chi connectivity index (χ4v) is 2.57. The molecule has 1 aromatic heterocycles. The van der Waals surface area contributed by atoms with Gasteiger partial charge >= 0.3 is 6.18 Å². The molecule has 0 radical (unpaired) electrons. The van der Waals surface area contributed by atoms with Gasteiger partial charge in [-0.15, -0.1) is 0 Å². The van der Waals surface area contributed by atoms with Crippen LogP contribution < -0.4 is 11.1 Å². The summed E-state index contributed by atoms with van der Waals surface area (Å²) in [6, 6.07) is 9.81. The molecule has 2 rings (SSSR count). The van der Waals surface area contributed by atoms with E-state index >= 15 is 0 Å². The molecule has 0 saturated carbocycles. The number of hydrogen-bond donors (Lipinski definition) is 2. The number of alkyl halides is 3. The lowest BCUT2D eigenvalue weighted by Crippen LogP contribution is -2.40. The second-order valence-corrected chi connectivity index (χ2v) is 6.72. The molecule has 1 heterocycles. The van der Waals surface area contributed by atoms with Crippen LogP contribution in [0.25, 0.3) is 0 Å². The van der Waals surface area contributed by atoms with Crippen molar-refractivity contribution >= 4 is 11.7 Å². The highest BCUT2D eigenvalue weighted by atomic mass is 19.4. The fourth-order valence-electron chi connectivity index (χ4n) is 2.57. The van der Waals surface area contributed by atoms with Gasteiger partial charge in [-0.1, -0.05) is 35.5 Å². The molecule has 1 atom stereocenters. The molecular formula is C19H23F3N6O2. The van der Waals surface area contributed by atoms with Crippen LogP contribution in [0.2, 0.25) is 0 Å². The quantitative estimate of drug-likeness (QED) is 0.362. The Bertz CT molecular complexity index is 844. The van der Waals surface area contributed by atoms with Crippen molar-refractivity contribution in [3.63, 3.8) is 0 Å². The molecular weight excluding hydrogens is 401 g/mol. The van der Waals surface area contributed by atoms with E-state index in [0.29, 0.717) is 6.54 Å². The van der Waals surface area contributed by atoms with Gasteiger partial charge in [-0.05, 0) is 19.5 Å². The SMILES string of the molecule is CC(CN(C)Cc1ccccc1)NC(=O)c1cnc(C(N)=NOCC(F)(F)F)nc1. The first-order valence-corrected chi connectivity index (χ1v) is 9.02. The number of oxime groups is 1. The van der Waals surface area contributed by atoms with E-state index in [1.54, 1.807) is 0 Å². The molecule has 3 N–H and O–H groups in total. The molecule has 162 valence electrons. The van der Waals surface area contributed by atoms with Gasteiger partial charge in [0, 0.05) is 31.5 Å². The van der Waals surface area contributed by atoms with Crippen LogP contribution in [-0.4, -0.2) is 59.0 Å². The maximum Gasteiger partial charge on any atom is 0.425 e. The van der Waals surface area contributed by atoms with Crippen molar-refractivity contribution < 1.29 is 22.8 Å². The second kappa shape index (κ2) is 10.5. The van der Waals surface area contributed by atoms with Gasteiger partial charge in [-0.3, -0.25) is 4.79 Å². The molecule has 0 bridgehead atoms. The summed E-state index contributed by atoms with van der Waals surface area (Å²) in [5.41, 5.74) is 6.82. The van der Waals surface area contributed by atoms with Gasteiger partial charge < -0.3 is 20.8 Å². The van der Waals surface area contributed by atoms with Crippen LogP contribution in [0.5, 0.6) is 0 Å². The maximum absolute atomic E-state index is 12.3. The van der Waals surface area contributed by atoms with E-state index in [4.69, 9.17) is 5.73 Å². The number of hydrogen-bond acceptors (Lipinski definition) is 6. The molecule has 0 saturated heterocycles. The van der Waals surface area contributed by atoms with Crippen molar-refractivity contribution in [2.75, 3.05) is 20.2 Å². The Morgan fingerprint density at radius 2 is 1.90 bits per heavy atom. The first-order valence-electron chi connectivity index (χ1n) is 9.02. The molecule has 0 spiro atoms. The maximum atomic E-state index is 12.3. The topological polar surface area (TPSA) is 106 Å². The zero-order chi connectivity index (χ0) is 22.1. The summed E-state index contributed by atoms with van der Waals surface area (Å²) >= 11 is 0. The number of benzene rings is 1. The molecule has 0 aliphatic rings. The Kier molecular flexibility index (Phi) is 8.10. The number of carbonyl (C=O) groups excluding carboxylic acids is 1. The lowest BCUT2D eigenvalue weighted by atomic mass is 10.2. The van der Waals surface area contributed by atoms with E-state index in [1.807, 2.05) is 44.3 Å². The van der Waals surface area contributed by atoms with E-state index in [-0.39, 0.29) is 23.3 Å². The van der Waals surface area contributed by atoms with Gasteiger partial charge in [0.2, 0.25) is 12.4 Å². The van der Waals surface area contributed by atoms with E-state index in [9.17, 15) is 18.0 Å². The molecule has 11 heteroatoms. The monoisotopic (exact) mass is 424 g/mol. The molecule has 1 amide bonds. The van der Waals surface area contributed by atoms with Crippen molar-refractivity contribution in [1.29, 1.82) is 0 Å². The average Bonchev–Trinajstić information content (AvgIpc) is 2.67. The van der Waals surface area contributed by atoms with Gasteiger partial charge in [0.25, 0.3) is 5.91 Å². The summed E-state index contributed by atoms with van der Waals surface area (Å²) in [4.78, 5) is 26.2. The minimum atomic E-state index is -4.53. The Morgan fingerprint density at radius 3 is 2.50 bits per heavy atom. The van der Waals surface area contributed by atoms with E-state index in [0.717, 1.165) is 6.54 Å². The van der Waals surface area contributed by atoms with E-state index in [2.05, 4.69) is 30.2 Å². The molecule has 30 heavy (non-hydrogen) atoms. The van der Waals surface area contributed by atoms with Crippen molar-refractivity contribution in [2.45, 2.75) is 25.7 Å². The number of amidine groups is 1. The minimum Gasteiger partial charge on any atom is -0.384 e. The van der Waals surface area contributed by atoms with Crippen molar-refractivity contribution in [2.24, 2.45) is 10.9 Å². The summed E-state index contributed by atoms with van der Waals surface area (Å²) < 4.78 is 36.1. The zero-order valence-corrected chi connectivity index (χ0v) is 16.6. The van der Waals surface area contributed by atoms with Crippen LogP contribution >= 0.6 is 0 Å². The van der Waals surface area contributed by atoms with Gasteiger partial charge in [0.05, 0.1) is 5.56 Å². The first kappa shape index (κ1) is 23.1. The predicted octanol–water partition coefficient (Wildman–Crippen LogP) is 1.93. The van der Waals surface area contributed by atoms with Crippen molar-refractivity contribution in [3.05, 3.63) is 59.7 Å². The molecule has 1 aromatic carbocycles. The van der Waals surface area contributed by atoms with Crippen LogP contribution in [0.1, 0.15) is 28.7 Å². The number of nitrogens with one attached hydrogen (secondary N) is 1. The van der Waals surface area contributed by atoms with Crippen LogP contribution in [0, 0.1) is 0 Å². The number of halogens is 3. The van der Waals surface area contributed by atoms with Gasteiger partial charge in [-0.25, -0.2) is 9.97 Å². The number of aromatic nitrogens is 2. The largest absolute Gasteiger partial charge is 0.425 e. The standard InChI is InChI=1S/C19H23F3N6O2/c1-13(10-28(2)11-14-6-4-3-5-7-14)26-18(29)15-8-24-17(25-9-15)16(23)27-30-12-19(20,21)22/h3-9,13H,10-12H2,1-2H3,(H2,23,27)(H,26,29). The number of nitrogens with zero attached hydrogens (tertiary/aromatic N) is 4.